The summed E-state index contributed by atoms with van der Waals surface area (Å²) < 4.78 is 0. The molecular weight excluding hydrogens is 302 g/mol. The van der Waals surface area contributed by atoms with Crippen molar-refractivity contribution in [3.63, 3.8) is 0 Å². The molecular formula is C20H27NO3. The van der Waals surface area contributed by atoms with E-state index in [2.05, 4.69) is 0 Å². The van der Waals surface area contributed by atoms with Gasteiger partial charge in [0.15, 0.2) is 0 Å². The van der Waals surface area contributed by atoms with E-state index in [1.54, 1.807) is 0 Å². The molecule has 1 saturated carbocycles. The molecule has 0 spiro atoms. The number of hydrogen-bond acceptors (Lipinski definition) is 2. The first-order chi connectivity index (χ1) is 11.6. The summed E-state index contributed by atoms with van der Waals surface area (Å²) in [5, 5.41) is 9.85. The molecule has 0 unspecified atom stereocenters. The third-order valence-corrected chi connectivity index (χ3v) is 5.87. The second-order valence-corrected chi connectivity index (χ2v) is 7.27. The van der Waals surface area contributed by atoms with Gasteiger partial charge in [0.05, 0.1) is 5.41 Å². The molecule has 2 aliphatic rings. The van der Waals surface area contributed by atoms with E-state index in [1.165, 1.54) is 12.8 Å². The van der Waals surface area contributed by atoms with E-state index < -0.39 is 11.4 Å². The van der Waals surface area contributed by atoms with Crippen molar-refractivity contribution in [1.29, 1.82) is 0 Å². The maximum atomic E-state index is 12.8. The molecule has 1 heterocycles. The number of rotatable bonds is 3. The largest absolute Gasteiger partial charge is 0.481 e. The lowest BCUT2D eigenvalue weighted by molar-refractivity contribution is -0.149. The van der Waals surface area contributed by atoms with Crippen LogP contribution in [0.4, 0.5) is 0 Å². The molecule has 0 bridgehead atoms. The molecule has 4 heteroatoms. The zero-order chi connectivity index (χ0) is 17.0. The number of likely N-dealkylation sites (tertiary alicyclic amines) is 1. The van der Waals surface area contributed by atoms with Gasteiger partial charge in [-0.25, -0.2) is 0 Å². The van der Waals surface area contributed by atoms with Crippen molar-refractivity contribution in [3.8, 4) is 0 Å². The monoisotopic (exact) mass is 329 g/mol. The molecule has 1 aromatic carbocycles. The van der Waals surface area contributed by atoms with Gasteiger partial charge in [-0.15, -0.1) is 0 Å². The Bertz CT molecular complexity index is 568. The van der Waals surface area contributed by atoms with E-state index in [0.717, 1.165) is 31.2 Å². The summed E-state index contributed by atoms with van der Waals surface area (Å²) in [6, 6.07) is 9.49. The molecule has 1 aliphatic heterocycles. The van der Waals surface area contributed by atoms with Crippen LogP contribution < -0.4 is 0 Å². The number of carboxylic acid groups (broad SMARTS) is 1. The predicted octanol–water partition coefficient (Wildman–Crippen LogP) is 3.60. The highest BCUT2D eigenvalue weighted by Gasteiger charge is 2.44. The van der Waals surface area contributed by atoms with E-state index in [9.17, 15) is 14.7 Å². The summed E-state index contributed by atoms with van der Waals surface area (Å²) in [5.74, 6) is -0.360. The molecule has 0 aromatic heterocycles. The number of carbonyl (C=O) groups excluding carboxylic acids is 1. The predicted molar refractivity (Wildman–Crippen MR) is 92.8 cm³/mol. The van der Waals surface area contributed by atoms with Crippen molar-refractivity contribution >= 4 is 11.9 Å². The molecule has 130 valence electrons. The lowest BCUT2D eigenvalue weighted by Gasteiger charge is -2.40. The van der Waals surface area contributed by atoms with Crippen molar-refractivity contribution in [3.05, 3.63) is 35.9 Å². The SMILES string of the molecule is O=C(C1CCCCCC1)N1CCC(C(=O)O)(c2ccccc2)CC1. The number of hydrogen-bond donors (Lipinski definition) is 1. The maximum Gasteiger partial charge on any atom is 0.314 e. The standard InChI is InChI=1S/C20H27NO3/c22-18(16-8-4-1-2-5-9-16)21-14-12-20(13-15-21,19(23)24)17-10-6-3-7-11-17/h3,6-7,10-11,16H,1-2,4-5,8-9,12-15H2,(H,23,24). The Balaban J connectivity index is 1.69. The lowest BCUT2D eigenvalue weighted by Crippen LogP contribution is -2.50. The van der Waals surface area contributed by atoms with Gasteiger partial charge in [-0.05, 0) is 31.2 Å². The zero-order valence-corrected chi connectivity index (χ0v) is 14.2. The van der Waals surface area contributed by atoms with Crippen molar-refractivity contribution in [2.75, 3.05) is 13.1 Å². The second-order valence-electron chi connectivity index (χ2n) is 7.27. The number of piperidine rings is 1. The number of benzene rings is 1. The Labute approximate surface area is 143 Å². The number of aliphatic carboxylic acids is 1. The third-order valence-electron chi connectivity index (χ3n) is 5.87. The van der Waals surface area contributed by atoms with Crippen LogP contribution in [0.3, 0.4) is 0 Å². The molecule has 0 atom stereocenters. The first-order valence-corrected chi connectivity index (χ1v) is 9.21. The fourth-order valence-corrected chi connectivity index (χ4v) is 4.28. The first kappa shape index (κ1) is 17.0. The van der Waals surface area contributed by atoms with E-state index >= 15 is 0 Å². The number of amides is 1. The van der Waals surface area contributed by atoms with Crippen LogP contribution in [0.5, 0.6) is 0 Å². The Morgan fingerprint density at radius 2 is 1.54 bits per heavy atom. The highest BCUT2D eigenvalue weighted by molar-refractivity contribution is 5.83. The molecule has 24 heavy (non-hydrogen) atoms. The van der Waals surface area contributed by atoms with E-state index in [4.69, 9.17) is 0 Å². The van der Waals surface area contributed by atoms with Gasteiger partial charge >= 0.3 is 5.97 Å². The molecule has 4 nitrogen and oxygen atoms in total. The summed E-state index contributed by atoms with van der Waals surface area (Å²) >= 11 is 0. The van der Waals surface area contributed by atoms with Crippen LogP contribution in [-0.4, -0.2) is 35.0 Å². The van der Waals surface area contributed by atoms with Crippen LogP contribution in [0.25, 0.3) is 0 Å². The van der Waals surface area contributed by atoms with Crippen LogP contribution in [0.2, 0.25) is 0 Å². The van der Waals surface area contributed by atoms with E-state index in [1.807, 2.05) is 35.2 Å². The van der Waals surface area contributed by atoms with Gasteiger partial charge in [0, 0.05) is 19.0 Å². The highest BCUT2D eigenvalue weighted by Crippen LogP contribution is 2.37. The van der Waals surface area contributed by atoms with Gasteiger partial charge in [0.2, 0.25) is 5.91 Å². The van der Waals surface area contributed by atoms with Crippen LogP contribution >= 0.6 is 0 Å². The normalized spacial score (nSPS) is 21.9. The second kappa shape index (κ2) is 7.37. The van der Waals surface area contributed by atoms with E-state index in [-0.39, 0.29) is 11.8 Å². The molecule has 0 radical (unpaired) electrons. The van der Waals surface area contributed by atoms with Crippen LogP contribution in [-0.2, 0) is 15.0 Å². The van der Waals surface area contributed by atoms with Crippen LogP contribution in [0.1, 0.15) is 56.9 Å². The highest BCUT2D eigenvalue weighted by atomic mass is 16.4. The van der Waals surface area contributed by atoms with Gasteiger partial charge in [-0.2, -0.15) is 0 Å². The lowest BCUT2D eigenvalue weighted by atomic mass is 9.72. The fraction of sp³-hybridized carbons (Fsp3) is 0.600. The van der Waals surface area contributed by atoms with Crippen LogP contribution in [0, 0.1) is 5.92 Å². The Morgan fingerprint density at radius 1 is 0.958 bits per heavy atom. The quantitative estimate of drug-likeness (QED) is 0.862. The van der Waals surface area contributed by atoms with E-state index in [0.29, 0.717) is 25.9 Å². The fourth-order valence-electron chi connectivity index (χ4n) is 4.28. The van der Waals surface area contributed by atoms with Gasteiger partial charge in [-0.1, -0.05) is 56.0 Å². The third kappa shape index (κ3) is 3.33. The molecule has 1 aliphatic carbocycles. The molecule has 1 amide bonds. The number of carboxylic acids is 1. The molecule has 2 fully saturated rings. The topological polar surface area (TPSA) is 57.6 Å². The Morgan fingerprint density at radius 3 is 2.08 bits per heavy atom. The average Bonchev–Trinajstić information content (AvgIpc) is 2.91. The van der Waals surface area contributed by atoms with Crippen molar-refractivity contribution < 1.29 is 14.7 Å². The van der Waals surface area contributed by atoms with Crippen molar-refractivity contribution in [2.24, 2.45) is 5.92 Å². The average molecular weight is 329 g/mol. The summed E-state index contributed by atoms with van der Waals surface area (Å²) in [7, 11) is 0. The minimum Gasteiger partial charge on any atom is -0.481 e. The summed E-state index contributed by atoms with van der Waals surface area (Å²) in [4.78, 5) is 26.7. The van der Waals surface area contributed by atoms with Gasteiger partial charge in [0.25, 0.3) is 0 Å². The minimum absolute atomic E-state index is 0.154. The number of carbonyl (C=O) groups is 2. The first-order valence-electron chi connectivity index (χ1n) is 9.21. The smallest absolute Gasteiger partial charge is 0.314 e. The summed E-state index contributed by atoms with van der Waals surface area (Å²) in [6.45, 7) is 1.10. The van der Waals surface area contributed by atoms with Gasteiger partial charge < -0.3 is 10.0 Å². The number of nitrogens with zero attached hydrogens (tertiary/aromatic N) is 1. The molecule has 1 N–H and O–H groups in total. The van der Waals surface area contributed by atoms with Crippen LogP contribution in [0.15, 0.2) is 30.3 Å². The van der Waals surface area contributed by atoms with Gasteiger partial charge in [-0.3, -0.25) is 9.59 Å². The summed E-state index contributed by atoms with van der Waals surface area (Å²) in [5.41, 5.74) is 0.0145. The molecule has 3 rings (SSSR count). The molecule has 1 saturated heterocycles. The Hall–Kier alpha value is -1.84. The zero-order valence-electron chi connectivity index (χ0n) is 14.2. The van der Waals surface area contributed by atoms with Crippen molar-refractivity contribution in [1.82, 2.24) is 4.90 Å². The molecule has 1 aromatic rings. The van der Waals surface area contributed by atoms with Crippen molar-refractivity contribution in [2.45, 2.75) is 56.8 Å². The Kier molecular flexibility index (Phi) is 5.22. The summed E-state index contributed by atoms with van der Waals surface area (Å²) in [6.07, 6.45) is 7.77. The maximum absolute atomic E-state index is 12.8. The van der Waals surface area contributed by atoms with Gasteiger partial charge in [0.1, 0.15) is 0 Å². The minimum atomic E-state index is -0.846.